The van der Waals surface area contributed by atoms with Crippen LogP contribution in [0.4, 0.5) is 5.82 Å². The summed E-state index contributed by atoms with van der Waals surface area (Å²) in [5, 5.41) is 24.8. The minimum atomic E-state index is -4.06. The monoisotopic (exact) mass is 444 g/mol. The number of nitrogens with zero attached hydrogens (tertiary/aromatic N) is 6. The molecule has 1 saturated carbocycles. The molecule has 4 aromatic rings. The van der Waals surface area contributed by atoms with E-state index < -0.39 is 22.3 Å². The van der Waals surface area contributed by atoms with Gasteiger partial charge in [-0.25, -0.2) is 19.8 Å². The molecule has 1 aromatic carbocycles. The van der Waals surface area contributed by atoms with Crippen molar-refractivity contribution < 1.29 is 17.7 Å². The number of aliphatic hydroxyl groups excluding tert-OH is 1. The van der Waals surface area contributed by atoms with Crippen molar-refractivity contribution in [2.24, 2.45) is 11.1 Å². The van der Waals surface area contributed by atoms with Crippen LogP contribution in [0.1, 0.15) is 18.9 Å². The van der Waals surface area contributed by atoms with Crippen LogP contribution in [-0.4, -0.2) is 55.9 Å². The first-order chi connectivity index (χ1) is 14.9. The van der Waals surface area contributed by atoms with E-state index >= 15 is 0 Å². The minimum Gasteiger partial charge on any atom is -0.393 e. The van der Waals surface area contributed by atoms with E-state index in [0.29, 0.717) is 29.8 Å². The molecule has 0 spiro atoms. The van der Waals surface area contributed by atoms with E-state index in [-0.39, 0.29) is 12.6 Å². The fourth-order valence-corrected chi connectivity index (χ4v) is 4.39. The molecule has 0 amide bonds. The molecule has 5 rings (SSSR count). The molecule has 3 atom stereocenters. The van der Waals surface area contributed by atoms with E-state index in [0.717, 1.165) is 10.9 Å². The van der Waals surface area contributed by atoms with Crippen LogP contribution in [0.15, 0.2) is 42.9 Å². The maximum atomic E-state index is 11.0. The van der Waals surface area contributed by atoms with Crippen molar-refractivity contribution in [1.29, 1.82) is 0 Å². The Morgan fingerprint density at radius 3 is 2.90 bits per heavy atom. The fraction of sp³-hybridized carbons (Fsp3) is 0.333. The van der Waals surface area contributed by atoms with Crippen molar-refractivity contribution >= 4 is 38.2 Å². The highest BCUT2D eigenvalue weighted by Crippen LogP contribution is 2.36. The lowest BCUT2D eigenvalue weighted by Crippen LogP contribution is -2.24. The number of nitrogens with one attached hydrogen (secondary N) is 1. The molecule has 3 unspecified atom stereocenters. The molecule has 1 aliphatic carbocycles. The quantitative estimate of drug-likeness (QED) is 0.386. The smallest absolute Gasteiger partial charge is 0.333 e. The summed E-state index contributed by atoms with van der Waals surface area (Å²) in [5.74, 6) is 0.0958. The van der Waals surface area contributed by atoms with Gasteiger partial charge >= 0.3 is 10.3 Å². The highest BCUT2D eigenvalue weighted by Gasteiger charge is 2.36. The van der Waals surface area contributed by atoms with Gasteiger partial charge in [0.25, 0.3) is 0 Å². The average molecular weight is 444 g/mol. The van der Waals surface area contributed by atoms with E-state index in [2.05, 4.69) is 29.9 Å². The zero-order valence-corrected chi connectivity index (χ0v) is 17.1. The lowest BCUT2D eigenvalue weighted by atomic mass is 10.1. The van der Waals surface area contributed by atoms with Gasteiger partial charge in [0, 0.05) is 17.5 Å². The van der Waals surface area contributed by atoms with Crippen LogP contribution in [0.3, 0.4) is 0 Å². The van der Waals surface area contributed by atoms with Gasteiger partial charge in [0.1, 0.15) is 6.33 Å². The van der Waals surface area contributed by atoms with Crippen molar-refractivity contribution in [2.75, 3.05) is 12.0 Å². The van der Waals surface area contributed by atoms with Crippen molar-refractivity contribution in [3.05, 3.63) is 42.9 Å². The molecule has 3 heterocycles. The van der Waals surface area contributed by atoms with Crippen LogP contribution in [-0.2, 0) is 14.5 Å². The predicted molar refractivity (Wildman–Crippen MR) is 111 cm³/mol. The molecule has 1 fully saturated rings. The molecule has 0 aliphatic heterocycles. The molecule has 4 N–H and O–H groups in total. The zero-order chi connectivity index (χ0) is 21.6. The molecule has 31 heavy (non-hydrogen) atoms. The first-order valence-corrected chi connectivity index (χ1v) is 11.1. The van der Waals surface area contributed by atoms with Crippen LogP contribution in [0.2, 0.25) is 0 Å². The summed E-state index contributed by atoms with van der Waals surface area (Å²) in [4.78, 5) is 8.63. The molecule has 3 aromatic heterocycles. The fourth-order valence-electron chi connectivity index (χ4n) is 4.02. The highest BCUT2D eigenvalue weighted by atomic mass is 32.2. The Bertz CT molecular complexity index is 1350. The number of anilines is 1. The van der Waals surface area contributed by atoms with Crippen LogP contribution in [0.25, 0.3) is 22.1 Å². The van der Waals surface area contributed by atoms with E-state index in [9.17, 15) is 13.5 Å². The van der Waals surface area contributed by atoms with Crippen molar-refractivity contribution in [3.8, 4) is 0 Å². The molecule has 13 heteroatoms. The number of fused-ring (bicyclic) bond motifs is 2. The SMILES string of the molecule is NS(=O)(=O)OCC1CC(n2nnc3c(Nn4ccc5ccccc54)ncnc32)CC1O. The molecular formula is C18H20N8O4S. The van der Waals surface area contributed by atoms with Crippen LogP contribution in [0, 0.1) is 5.92 Å². The van der Waals surface area contributed by atoms with Gasteiger partial charge in [0.15, 0.2) is 17.0 Å². The number of aromatic nitrogens is 6. The van der Waals surface area contributed by atoms with Crippen molar-refractivity contribution in [1.82, 2.24) is 29.6 Å². The van der Waals surface area contributed by atoms with Gasteiger partial charge < -0.3 is 5.11 Å². The molecule has 0 radical (unpaired) electrons. The van der Waals surface area contributed by atoms with E-state index in [1.165, 1.54) is 6.33 Å². The third-order valence-electron chi connectivity index (χ3n) is 5.51. The topological polar surface area (TPSA) is 163 Å². The number of benzene rings is 1. The third kappa shape index (κ3) is 3.83. The van der Waals surface area contributed by atoms with Crippen LogP contribution in [0.5, 0.6) is 0 Å². The van der Waals surface area contributed by atoms with Gasteiger partial charge in [-0.05, 0) is 25.0 Å². The maximum absolute atomic E-state index is 11.0. The summed E-state index contributed by atoms with van der Waals surface area (Å²) in [7, 11) is -4.06. The molecule has 0 bridgehead atoms. The Morgan fingerprint density at radius 1 is 1.23 bits per heavy atom. The van der Waals surface area contributed by atoms with Crippen molar-refractivity contribution in [2.45, 2.75) is 25.0 Å². The minimum absolute atomic E-state index is 0.189. The first-order valence-electron chi connectivity index (χ1n) is 9.63. The molecule has 0 saturated heterocycles. The number of rotatable bonds is 6. The normalized spacial score (nSPS) is 21.8. The number of para-hydroxylation sites is 1. The molecular weight excluding hydrogens is 424 g/mol. The zero-order valence-electron chi connectivity index (χ0n) is 16.2. The Labute approximate surface area is 176 Å². The molecule has 1 aliphatic rings. The largest absolute Gasteiger partial charge is 0.393 e. The Balaban J connectivity index is 1.41. The van der Waals surface area contributed by atoms with E-state index in [1.807, 2.05) is 41.2 Å². The lowest BCUT2D eigenvalue weighted by Gasteiger charge is -2.12. The maximum Gasteiger partial charge on any atom is 0.333 e. The van der Waals surface area contributed by atoms with Gasteiger partial charge in [-0.2, -0.15) is 8.42 Å². The van der Waals surface area contributed by atoms with Gasteiger partial charge in [0.05, 0.1) is 24.3 Å². The predicted octanol–water partition coefficient (Wildman–Crippen LogP) is 0.583. The average Bonchev–Trinajstić information content (AvgIpc) is 3.43. The second-order valence-electron chi connectivity index (χ2n) is 7.51. The summed E-state index contributed by atoms with van der Waals surface area (Å²) >= 11 is 0. The summed E-state index contributed by atoms with van der Waals surface area (Å²) in [5.41, 5.74) is 5.21. The third-order valence-corrected chi connectivity index (χ3v) is 5.98. The highest BCUT2D eigenvalue weighted by molar-refractivity contribution is 7.84. The Morgan fingerprint density at radius 2 is 2.06 bits per heavy atom. The van der Waals surface area contributed by atoms with Gasteiger partial charge in [-0.3, -0.25) is 14.3 Å². The first kappa shape index (κ1) is 19.8. The standard InChI is InChI=1S/C18H20N8O4S/c19-31(28,29)30-9-12-7-13(8-15(12)27)26-18-16(22-24-26)17(20-10-21-18)23-25-6-5-11-3-1-2-4-14(11)25/h1-6,10,12-13,15,27H,7-9H2,(H2,19,28,29)(H,20,21,23). The number of hydrogen-bond acceptors (Lipinski definition) is 9. The Kier molecular flexibility index (Phi) is 4.81. The summed E-state index contributed by atoms with van der Waals surface area (Å²) in [6.07, 6.45) is 3.38. The Hall–Kier alpha value is -3.13. The van der Waals surface area contributed by atoms with Crippen molar-refractivity contribution in [3.63, 3.8) is 0 Å². The molecule has 162 valence electrons. The molecule has 12 nitrogen and oxygen atoms in total. The number of aliphatic hydroxyl groups is 1. The second-order valence-corrected chi connectivity index (χ2v) is 8.74. The lowest BCUT2D eigenvalue weighted by molar-refractivity contribution is 0.100. The summed E-state index contributed by atoms with van der Waals surface area (Å²) < 4.78 is 30.2. The summed E-state index contributed by atoms with van der Waals surface area (Å²) in [6.45, 7) is -0.189. The van der Waals surface area contributed by atoms with E-state index in [1.54, 1.807) is 4.68 Å². The van der Waals surface area contributed by atoms with Gasteiger partial charge in [0.2, 0.25) is 0 Å². The van der Waals surface area contributed by atoms with Crippen LogP contribution >= 0.6 is 0 Å². The van der Waals surface area contributed by atoms with E-state index in [4.69, 9.17) is 5.14 Å². The number of hydrogen-bond donors (Lipinski definition) is 3. The number of nitrogens with two attached hydrogens (primary N) is 1. The second kappa shape index (κ2) is 7.53. The summed E-state index contributed by atoms with van der Waals surface area (Å²) in [6, 6.07) is 9.69. The van der Waals surface area contributed by atoms with Gasteiger partial charge in [-0.1, -0.05) is 23.4 Å². The van der Waals surface area contributed by atoms with Gasteiger partial charge in [-0.15, -0.1) is 5.10 Å². The van der Waals surface area contributed by atoms with Crippen LogP contribution < -0.4 is 10.6 Å².